The molecule has 130 valence electrons. The Bertz CT molecular complexity index is 779. The summed E-state index contributed by atoms with van der Waals surface area (Å²) in [6.45, 7) is 7.54. The van der Waals surface area contributed by atoms with Gasteiger partial charge in [-0.05, 0) is 51.7 Å². The average Bonchev–Trinajstić information content (AvgIpc) is 2.82. The van der Waals surface area contributed by atoms with Gasteiger partial charge in [0.1, 0.15) is 5.60 Å². The van der Waals surface area contributed by atoms with Crippen molar-refractivity contribution in [2.24, 2.45) is 5.92 Å². The highest BCUT2D eigenvalue weighted by Gasteiger charge is 2.27. The molecule has 1 aliphatic rings. The molecule has 0 saturated carbocycles. The SMILES string of the molecule is CC(C)(C)OC(=O)N1CCC(Cn2c(=O)[nH]c3cccnc32)CC1. The minimum absolute atomic E-state index is 0.127. The normalized spacial score (nSPS) is 16.5. The fourth-order valence-corrected chi connectivity index (χ4v) is 3.04. The predicted molar refractivity (Wildman–Crippen MR) is 90.9 cm³/mol. The van der Waals surface area contributed by atoms with E-state index in [1.165, 1.54) is 0 Å². The number of rotatable bonds is 2. The molecule has 0 bridgehead atoms. The second kappa shape index (κ2) is 6.30. The van der Waals surface area contributed by atoms with E-state index < -0.39 is 5.60 Å². The summed E-state index contributed by atoms with van der Waals surface area (Å²) in [6.07, 6.45) is 3.14. The van der Waals surface area contributed by atoms with Crippen LogP contribution in [0.4, 0.5) is 4.79 Å². The van der Waals surface area contributed by atoms with Crippen LogP contribution in [-0.4, -0.2) is 44.2 Å². The first-order chi connectivity index (χ1) is 11.3. The predicted octanol–water partition coefficient (Wildman–Crippen LogP) is 2.37. The van der Waals surface area contributed by atoms with E-state index in [9.17, 15) is 9.59 Å². The van der Waals surface area contributed by atoms with E-state index in [1.54, 1.807) is 15.7 Å². The molecule has 3 rings (SSSR count). The van der Waals surface area contributed by atoms with Gasteiger partial charge in [0.2, 0.25) is 0 Å². The van der Waals surface area contributed by atoms with Crippen LogP contribution in [-0.2, 0) is 11.3 Å². The smallest absolute Gasteiger partial charge is 0.410 e. The number of ether oxygens (including phenoxy) is 1. The van der Waals surface area contributed by atoms with Gasteiger partial charge < -0.3 is 14.6 Å². The molecule has 0 aliphatic carbocycles. The first-order valence-electron chi connectivity index (χ1n) is 8.35. The molecule has 2 aromatic rings. The second-order valence-corrected chi connectivity index (χ2v) is 7.33. The van der Waals surface area contributed by atoms with E-state index in [0.717, 1.165) is 18.4 Å². The van der Waals surface area contributed by atoms with E-state index in [4.69, 9.17) is 4.74 Å². The highest BCUT2D eigenvalue weighted by molar-refractivity contribution is 5.70. The van der Waals surface area contributed by atoms with Crippen molar-refractivity contribution in [1.82, 2.24) is 19.4 Å². The van der Waals surface area contributed by atoms with Crippen LogP contribution in [0.3, 0.4) is 0 Å². The summed E-state index contributed by atoms with van der Waals surface area (Å²) in [5.41, 5.74) is 0.848. The number of carbonyl (C=O) groups is 1. The number of pyridine rings is 1. The lowest BCUT2D eigenvalue weighted by atomic mass is 9.97. The van der Waals surface area contributed by atoms with Gasteiger partial charge >= 0.3 is 11.8 Å². The Labute approximate surface area is 140 Å². The minimum Gasteiger partial charge on any atom is -0.444 e. The Morgan fingerprint density at radius 2 is 2.08 bits per heavy atom. The van der Waals surface area contributed by atoms with Crippen molar-refractivity contribution in [3.63, 3.8) is 0 Å². The Hall–Kier alpha value is -2.31. The Morgan fingerprint density at radius 3 is 2.75 bits per heavy atom. The Balaban J connectivity index is 1.62. The zero-order valence-corrected chi connectivity index (χ0v) is 14.4. The molecular weight excluding hydrogens is 308 g/mol. The molecule has 0 radical (unpaired) electrons. The van der Waals surface area contributed by atoms with E-state index in [2.05, 4.69) is 9.97 Å². The molecular formula is C17H24N4O3. The monoisotopic (exact) mass is 332 g/mol. The summed E-state index contributed by atoms with van der Waals surface area (Å²) in [5.74, 6) is 0.349. The number of fused-ring (bicyclic) bond motifs is 1. The fourth-order valence-electron chi connectivity index (χ4n) is 3.04. The van der Waals surface area contributed by atoms with Crippen LogP contribution >= 0.6 is 0 Å². The number of nitrogens with zero attached hydrogens (tertiary/aromatic N) is 3. The van der Waals surface area contributed by atoms with Crippen LogP contribution in [0, 0.1) is 5.92 Å². The fraction of sp³-hybridized carbons (Fsp3) is 0.588. The summed E-state index contributed by atoms with van der Waals surface area (Å²) >= 11 is 0. The number of hydrogen-bond donors (Lipinski definition) is 1. The maximum absolute atomic E-state index is 12.1. The first kappa shape index (κ1) is 16.5. The van der Waals surface area contributed by atoms with Gasteiger partial charge in [-0.15, -0.1) is 0 Å². The number of imidazole rings is 1. The van der Waals surface area contributed by atoms with Crippen LogP contribution in [0.25, 0.3) is 11.2 Å². The zero-order chi connectivity index (χ0) is 17.3. The van der Waals surface area contributed by atoms with Crippen molar-refractivity contribution in [3.8, 4) is 0 Å². The first-order valence-corrected chi connectivity index (χ1v) is 8.35. The molecule has 0 spiro atoms. The number of hydrogen-bond acceptors (Lipinski definition) is 4. The van der Waals surface area contributed by atoms with Gasteiger partial charge in [-0.2, -0.15) is 0 Å². The van der Waals surface area contributed by atoms with Gasteiger partial charge in [-0.25, -0.2) is 14.6 Å². The second-order valence-electron chi connectivity index (χ2n) is 7.33. The molecule has 7 heteroatoms. The number of piperidine rings is 1. The maximum atomic E-state index is 12.1. The summed E-state index contributed by atoms with van der Waals surface area (Å²) in [5, 5.41) is 0. The van der Waals surface area contributed by atoms with Crippen LogP contribution < -0.4 is 5.69 Å². The van der Waals surface area contributed by atoms with Crippen LogP contribution in [0.5, 0.6) is 0 Å². The number of nitrogens with one attached hydrogen (secondary N) is 1. The molecule has 7 nitrogen and oxygen atoms in total. The highest BCUT2D eigenvalue weighted by Crippen LogP contribution is 2.21. The van der Waals surface area contributed by atoms with Crippen LogP contribution in [0.2, 0.25) is 0 Å². The highest BCUT2D eigenvalue weighted by atomic mass is 16.6. The lowest BCUT2D eigenvalue weighted by Gasteiger charge is -2.33. The molecule has 1 aliphatic heterocycles. The van der Waals surface area contributed by atoms with Crippen molar-refractivity contribution in [2.75, 3.05) is 13.1 Å². The number of aromatic nitrogens is 3. The minimum atomic E-state index is -0.475. The molecule has 24 heavy (non-hydrogen) atoms. The number of aromatic amines is 1. The van der Waals surface area contributed by atoms with E-state index in [0.29, 0.717) is 31.2 Å². The van der Waals surface area contributed by atoms with E-state index in [-0.39, 0.29) is 11.8 Å². The largest absolute Gasteiger partial charge is 0.444 e. The van der Waals surface area contributed by atoms with Crippen molar-refractivity contribution in [1.29, 1.82) is 0 Å². The molecule has 0 aromatic carbocycles. The Morgan fingerprint density at radius 1 is 1.38 bits per heavy atom. The zero-order valence-electron chi connectivity index (χ0n) is 14.4. The molecule has 1 fully saturated rings. The topological polar surface area (TPSA) is 80.2 Å². The van der Waals surface area contributed by atoms with Gasteiger partial charge in [0.15, 0.2) is 5.65 Å². The average molecular weight is 332 g/mol. The van der Waals surface area contributed by atoms with Crippen molar-refractivity contribution >= 4 is 17.3 Å². The number of H-pyrrole nitrogens is 1. The number of likely N-dealkylation sites (tertiary alicyclic amines) is 1. The van der Waals surface area contributed by atoms with Gasteiger partial charge in [0, 0.05) is 25.8 Å². The molecule has 0 unspecified atom stereocenters. The van der Waals surface area contributed by atoms with Crippen LogP contribution in [0.1, 0.15) is 33.6 Å². The quantitative estimate of drug-likeness (QED) is 0.915. The lowest BCUT2D eigenvalue weighted by Crippen LogP contribution is -2.42. The third-order valence-corrected chi connectivity index (χ3v) is 4.24. The third-order valence-electron chi connectivity index (χ3n) is 4.24. The molecule has 1 amide bonds. The summed E-state index contributed by atoms with van der Waals surface area (Å²) < 4.78 is 7.11. The van der Waals surface area contributed by atoms with Gasteiger partial charge in [-0.3, -0.25) is 4.57 Å². The molecule has 1 N–H and O–H groups in total. The van der Waals surface area contributed by atoms with Crippen LogP contribution in [0.15, 0.2) is 23.1 Å². The molecule has 3 heterocycles. The standard InChI is InChI=1S/C17H24N4O3/c1-17(2,3)24-16(23)20-9-6-12(7-10-20)11-21-14-13(19-15(21)22)5-4-8-18-14/h4-5,8,12H,6-7,9-11H2,1-3H3,(H,19,22). The van der Waals surface area contributed by atoms with Crippen molar-refractivity contribution < 1.29 is 9.53 Å². The maximum Gasteiger partial charge on any atom is 0.410 e. The lowest BCUT2D eigenvalue weighted by molar-refractivity contribution is 0.0178. The number of carbonyl (C=O) groups excluding carboxylic acids is 1. The van der Waals surface area contributed by atoms with Gasteiger partial charge in [0.05, 0.1) is 5.52 Å². The number of amides is 1. The molecule has 2 aromatic heterocycles. The van der Waals surface area contributed by atoms with Crippen molar-refractivity contribution in [3.05, 3.63) is 28.8 Å². The third kappa shape index (κ3) is 3.60. The van der Waals surface area contributed by atoms with E-state index in [1.807, 2.05) is 32.9 Å². The molecule has 1 saturated heterocycles. The van der Waals surface area contributed by atoms with Gasteiger partial charge in [-0.1, -0.05) is 0 Å². The van der Waals surface area contributed by atoms with Gasteiger partial charge in [0.25, 0.3) is 0 Å². The van der Waals surface area contributed by atoms with Crippen molar-refractivity contribution in [2.45, 2.75) is 45.8 Å². The summed E-state index contributed by atoms with van der Waals surface area (Å²) in [7, 11) is 0. The Kier molecular flexibility index (Phi) is 4.34. The summed E-state index contributed by atoms with van der Waals surface area (Å²) in [4.78, 5) is 33.1. The molecule has 0 atom stereocenters. The van der Waals surface area contributed by atoms with E-state index >= 15 is 0 Å². The summed E-state index contributed by atoms with van der Waals surface area (Å²) in [6, 6.07) is 3.66.